The molecule has 3 N–H and O–H groups in total. The van der Waals surface area contributed by atoms with E-state index in [-0.39, 0.29) is 31.4 Å². The van der Waals surface area contributed by atoms with E-state index in [0.29, 0.717) is 11.7 Å². The van der Waals surface area contributed by atoms with Gasteiger partial charge >= 0.3 is 0 Å². The second-order valence-electron chi connectivity index (χ2n) is 5.74. The molecule has 0 radical (unpaired) electrons. The third-order valence-electron chi connectivity index (χ3n) is 4.27. The van der Waals surface area contributed by atoms with Crippen LogP contribution in [0.15, 0.2) is 30.6 Å². The van der Waals surface area contributed by atoms with Crippen molar-refractivity contribution in [3.05, 3.63) is 42.2 Å². The lowest BCUT2D eigenvalue weighted by atomic mass is 9.99. The summed E-state index contributed by atoms with van der Waals surface area (Å²) in [7, 11) is 0. The first-order valence-corrected chi connectivity index (χ1v) is 7.69. The van der Waals surface area contributed by atoms with Crippen LogP contribution in [0.4, 0.5) is 0 Å². The van der Waals surface area contributed by atoms with Crippen molar-refractivity contribution in [2.75, 3.05) is 13.1 Å². The largest absolute Gasteiger partial charge is 0.388 e. The Balaban J connectivity index is 0.00000104. The molecule has 3 heterocycles. The van der Waals surface area contributed by atoms with E-state index in [9.17, 15) is 5.11 Å². The van der Waals surface area contributed by atoms with Gasteiger partial charge in [0.15, 0.2) is 0 Å². The Morgan fingerprint density at radius 3 is 2.92 bits per heavy atom. The quantitative estimate of drug-likeness (QED) is 0.662. The molecule has 2 aromatic heterocycles. The van der Waals surface area contributed by atoms with E-state index in [1.165, 1.54) is 12.8 Å². The van der Waals surface area contributed by atoms with Crippen molar-refractivity contribution < 1.29 is 5.11 Å². The van der Waals surface area contributed by atoms with Crippen molar-refractivity contribution in [3.8, 4) is 5.69 Å². The zero-order valence-corrected chi connectivity index (χ0v) is 14.7. The minimum Gasteiger partial charge on any atom is -0.388 e. The number of aliphatic hydroxyl groups excluding tert-OH is 1. The molecule has 24 heavy (non-hydrogen) atoms. The molecule has 8 heteroatoms. The maximum atomic E-state index is 9.19. The van der Waals surface area contributed by atoms with Gasteiger partial charge in [-0.2, -0.15) is 0 Å². The molecule has 0 bridgehead atoms. The second-order valence-corrected chi connectivity index (χ2v) is 5.74. The number of aromatic amines is 1. The lowest BCUT2D eigenvalue weighted by molar-refractivity contribution is 0.273. The van der Waals surface area contributed by atoms with Crippen LogP contribution < -0.4 is 5.32 Å². The molecule has 1 saturated heterocycles. The fourth-order valence-electron chi connectivity index (χ4n) is 3.18. The number of nitrogens with zero attached hydrogens (tertiary/aromatic N) is 3. The van der Waals surface area contributed by atoms with Crippen LogP contribution in [-0.4, -0.2) is 37.7 Å². The minimum atomic E-state index is -0.0753. The maximum Gasteiger partial charge on any atom is 0.133 e. The summed E-state index contributed by atoms with van der Waals surface area (Å²) in [6.45, 7) is 2.01. The fraction of sp³-hybridized carbons (Fsp3) is 0.375. The average Bonchev–Trinajstić information content (AvgIpc) is 3.21. The molecular formula is C16H21Cl2N5O. The predicted molar refractivity (Wildman–Crippen MR) is 98.5 cm³/mol. The van der Waals surface area contributed by atoms with Crippen molar-refractivity contribution >= 4 is 35.8 Å². The number of rotatable bonds is 3. The minimum absolute atomic E-state index is 0. The molecule has 0 spiro atoms. The van der Waals surface area contributed by atoms with Gasteiger partial charge in [0.1, 0.15) is 18.3 Å². The monoisotopic (exact) mass is 369 g/mol. The summed E-state index contributed by atoms with van der Waals surface area (Å²) in [6.07, 6.45) is 6.23. The number of imidazole rings is 2. The lowest BCUT2D eigenvalue weighted by Crippen LogP contribution is -2.29. The fourth-order valence-corrected chi connectivity index (χ4v) is 3.18. The molecule has 1 atom stereocenters. The number of fused-ring (bicyclic) bond motifs is 1. The van der Waals surface area contributed by atoms with Gasteiger partial charge in [-0.05, 0) is 37.6 Å². The number of benzene rings is 1. The number of aromatic nitrogens is 4. The standard InChI is InChI=1S/C16H19N5O.2ClH/c22-10-15-19-13-4-3-12(8-14(13)20-15)21-7-6-18-16(21)11-2-1-5-17-9-11;;/h3-4,6-8,11,17,22H,1-2,5,9-10H2,(H,19,20);2*1H. The first kappa shape index (κ1) is 18.7. The molecule has 1 aliphatic heterocycles. The number of hydrogen-bond donors (Lipinski definition) is 3. The van der Waals surface area contributed by atoms with Crippen LogP contribution >= 0.6 is 24.8 Å². The van der Waals surface area contributed by atoms with Crippen molar-refractivity contribution in [2.45, 2.75) is 25.4 Å². The van der Waals surface area contributed by atoms with Gasteiger partial charge in [-0.3, -0.25) is 0 Å². The zero-order valence-electron chi connectivity index (χ0n) is 13.1. The predicted octanol–water partition coefficient (Wildman–Crippen LogP) is 2.55. The molecule has 1 fully saturated rings. The lowest BCUT2D eigenvalue weighted by Gasteiger charge is -2.23. The number of H-pyrrole nitrogens is 1. The van der Waals surface area contributed by atoms with Crippen LogP contribution in [0, 0.1) is 0 Å². The van der Waals surface area contributed by atoms with E-state index < -0.39 is 0 Å². The number of halogens is 2. The molecule has 6 nitrogen and oxygen atoms in total. The van der Waals surface area contributed by atoms with E-state index in [1.54, 1.807) is 0 Å². The molecule has 0 aliphatic carbocycles. The summed E-state index contributed by atoms with van der Waals surface area (Å²) in [5, 5.41) is 12.6. The number of piperidine rings is 1. The van der Waals surface area contributed by atoms with Crippen LogP contribution in [0.3, 0.4) is 0 Å². The van der Waals surface area contributed by atoms with Crippen LogP contribution in [-0.2, 0) is 6.61 Å². The third-order valence-corrected chi connectivity index (χ3v) is 4.27. The Morgan fingerprint density at radius 2 is 2.17 bits per heavy atom. The normalized spacial score (nSPS) is 17.3. The Bertz CT molecular complexity index is 795. The zero-order chi connectivity index (χ0) is 14.9. The molecule has 1 unspecified atom stereocenters. The van der Waals surface area contributed by atoms with Gasteiger partial charge < -0.3 is 20.0 Å². The summed E-state index contributed by atoms with van der Waals surface area (Å²) in [4.78, 5) is 12.0. The topological polar surface area (TPSA) is 78.8 Å². The SMILES string of the molecule is Cl.Cl.OCc1nc2ccc(-n3ccnc3C3CCCNC3)cc2[nH]1. The molecule has 1 aliphatic rings. The first-order chi connectivity index (χ1) is 10.8. The molecular weight excluding hydrogens is 349 g/mol. The smallest absolute Gasteiger partial charge is 0.133 e. The highest BCUT2D eigenvalue weighted by Gasteiger charge is 2.20. The summed E-state index contributed by atoms with van der Waals surface area (Å²) >= 11 is 0. The number of aliphatic hydroxyl groups is 1. The van der Waals surface area contributed by atoms with Crippen molar-refractivity contribution in [1.29, 1.82) is 0 Å². The van der Waals surface area contributed by atoms with Crippen LogP contribution in [0.1, 0.15) is 30.4 Å². The molecule has 0 saturated carbocycles. The molecule has 0 amide bonds. The number of nitrogens with one attached hydrogen (secondary N) is 2. The van der Waals surface area contributed by atoms with Gasteiger partial charge in [0.05, 0.1) is 11.0 Å². The van der Waals surface area contributed by atoms with Crippen LogP contribution in [0.2, 0.25) is 0 Å². The average molecular weight is 370 g/mol. The van der Waals surface area contributed by atoms with Crippen molar-refractivity contribution in [2.24, 2.45) is 0 Å². The highest BCUT2D eigenvalue weighted by atomic mass is 35.5. The van der Waals surface area contributed by atoms with E-state index in [0.717, 1.165) is 35.6 Å². The third kappa shape index (κ3) is 3.42. The van der Waals surface area contributed by atoms with Gasteiger partial charge in [0.2, 0.25) is 0 Å². The number of hydrogen-bond acceptors (Lipinski definition) is 4. The van der Waals surface area contributed by atoms with Gasteiger partial charge in [-0.25, -0.2) is 9.97 Å². The molecule has 4 rings (SSSR count). The molecule has 1 aromatic carbocycles. The summed E-state index contributed by atoms with van der Waals surface area (Å²) in [5.41, 5.74) is 2.87. The van der Waals surface area contributed by atoms with Crippen molar-refractivity contribution in [1.82, 2.24) is 24.8 Å². The summed E-state index contributed by atoms with van der Waals surface area (Å²) < 4.78 is 2.15. The highest BCUT2D eigenvalue weighted by Crippen LogP contribution is 2.25. The van der Waals surface area contributed by atoms with Gasteiger partial charge in [0, 0.05) is 30.5 Å². The van der Waals surface area contributed by atoms with Crippen LogP contribution in [0.25, 0.3) is 16.7 Å². The summed E-state index contributed by atoms with van der Waals surface area (Å²) in [5.74, 6) is 2.15. The van der Waals surface area contributed by atoms with Gasteiger partial charge in [-0.1, -0.05) is 0 Å². The Hall–Kier alpha value is -1.60. The first-order valence-electron chi connectivity index (χ1n) is 7.69. The van der Waals surface area contributed by atoms with E-state index >= 15 is 0 Å². The maximum absolute atomic E-state index is 9.19. The van der Waals surface area contributed by atoms with Crippen molar-refractivity contribution in [3.63, 3.8) is 0 Å². The Labute approximate surface area is 152 Å². The van der Waals surface area contributed by atoms with E-state index in [2.05, 4.69) is 30.9 Å². The molecule has 130 valence electrons. The van der Waals surface area contributed by atoms with Crippen LogP contribution in [0.5, 0.6) is 0 Å². The molecule has 3 aromatic rings. The second kappa shape index (κ2) is 7.98. The Morgan fingerprint density at radius 1 is 1.29 bits per heavy atom. The van der Waals surface area contributed by atoms with Gasteiger partial charge in [-0.15, -0.1) is 24.8 Å². The van der Waals surface area contributed by atoms with Gasteiger partial charge in [0.25, 0.3) is 0 Å². The summed E-state index contributed by atoms with van der Waals surface area (Å²) in [6, 6.07) is 6.08. The van der Waals surface area contributed by atoms with E-state index in [1.807, 2.05) is 24.5 Å². The van der Waals surface area contributed by atoms with E-state index in [4.69, 9.17) is 0 Å². The highest BCUT2D eigenvalue weighted by molar-refractivity contribution is 5.85. The Kier molecular flexibility index (Phi) is 6.23.